The largest absolute Gasteiger partial charge is 0.508 e. The van der Waals surface area contributed by atoms with E-state index in [0.717, 1.165) is 30.6 Å². The van der Waals surface area contributed by atoms with Gasteiger partial charge in [0, 0.05) is 25.3 Å². The molecule has 2 aromatic rings. The predicted molar refractivity (Wildman–Crippen MR) is 98.7 cm³/mol. The Bertz CT molecular complexity index is 705. The SMILES string of the molecule is CCN(C[C@@H]1CCCCO1)C(=O)c1cccc(-c2ccc(O)cc2)c1. The molecule has 4 nitrogen and oxygen atoms in total. The van der Waals surface area contributed by atoms with Gasteiger partial charge in [0.05, 0.1) is 6.10 Å². The molecule has 1 atom stereocenters. The Morgan fingerprint density at radius 3 is 2.64 bits per heavy atom. The zero-order chi connectivity index (χ0) is 17.6. The van der Waals surface area contributed by atoms with Gasteiger partial charge in [-0.2, -0.15) is 0 Å². The number of hydrogen-bond acceptors (Lipinski definition) is 3. The average Bonchev–Trinajstić information content (AvgIpc) is 2.67. The smallest absolute Gasteiger partial charge is 0.253 e. The average molecular weight is 339 g/mol. The summed E-state index contributed by atoms with van der Waals surface area (Å²) in [5.41, 5.74) is 2.63. The van der Waals surface area contributed by atoms with Gasteiger partial charge in [-0.3, -0.25) is 4.79 Å². The number of phenolic OH excluding ortho intramolecular Hbond substituents is 1. The molecule has 0 radical (unpaired) electrons. The summed E-state index contributed by atoms with van der Waals surface area (Å²) in [4.78, 5) is 14.8. The van der Waals surface area contributed by atoms with Gasteiger partial charge in [0.1, 0.15) is 5.75 Å². The van der Waals surface area contributed by atoms with Crippen molar-refractivity contribution >= 4 is 5.91 Å². The summed E-state index contributed by atoms with van der Waals surface area (Å²) in [6.07, 6.45) is 3.47. The molecule has 0 spiro atoms. The molecule has 2 aromatic carbocycles. The van der Waals surface area contributed by atoms with Crippen LogP contribution in [0.15, 0.2) is 48.5 Å². The van der Waals surface area contributed by atoms with Gasteiger partial charge in [-0.1, -0.05) is 24.3 Å². The summed E-state index contributed by atoms with van der Waals surface area (Å²) in [6.45, 7) is 4.12. The van der Waals surface area contributed by atoms with Crippen molar-refractivity contribution in [3.63, 3.8) is 0 Å². The number of aromatic hydroxyl groups is 1. The Balaban J connectivity index is 1.76. The number of rotatable bonds is 5. The van der Waals surface area contributed by atoms with Crippen LogP contribution in [0.25, 0.3) is 11.1 Å². The fourth-order valence-corrected chi connectivity index (χ4v) is 3.22. The number of likely N-dealkylation sites (N-methyl/N-ethyl adjacent to an activating group) is 1. The molecule has 0 aromatic heterocycles. The monoisotopic (exact) mass is 339 g/mol. The molecule has 0 bridgehead atoms. The van der Waals surface area contributed by atoms with Crippen LogP contribution in [0.4, 0.5) is 0 Å². The van der Waals surface area contributed by atoms with E-state index in [2.05, 4.69) is 0 Å². The Labute approximate surface area is 149 Å². The van der Waals surface area contributed by atoms with Gasteiger partial charge in [-0.25, -0.2) is 0 Å². The first-order valence-corrected chi connectivity index (χ1v) is 8.97. The second kappa shape index (κ2) is 8.17. The lowest BCUT2D eigenvalue weighted by molar-refractivity contribution is -0.00311. The number of phenols is 1. The van der Waals surface area contributed by atoms with Crippen LogP contribution in [0.2, 0.25) is 0 Å². The van der Waals surface area contributed by atoms with Crippen LogP contribution >= 0.6 is 0 Å². The molecule has 4 heteroatoms. The normalized spacial score (nSPS) is 17.2. The number of benzene rings is 2. The van der Waals surface area contributed by atoms with Crippen molar-refractivity contribution in [3.8, 4) is 16.9 Å². The summed E-state index contributed by atoms with van der Waals surface area (Å²) in [5.74, 6) is 0.276. The van der Waals surface area contributed by atoms with Crippen molar-refractivity contribution in [2.24, 2.45) is 0 Å². The number of carbonyl (C=O) groups excluding carboxylic acids is 1. The lowest BCUT2D eigenvalue weighted by Crippen LogP contribution is -2.39. The molecular formula is C21H25NO3. The molecule has 132 valence electrons. The first-order chi connectivity index (χ1) is 12.2. The third-order valence-electron chi connectivity index (χ3n) is 4.68. The van der Waals surface area contributed by atoms with E-state index in [1.165, 1.54) is 6.42 Å². The van der Waals surface area contributed by atoms with Crippen molar-refractivity contribution in [1.29, 1.82) is 0 Å². The summed E-state index contributed by atoms with van der Waals surface area (Å²) >= 11 is 0. The molecule has 1 heterocycles. The zero-order valence-electron chi connectivity index (χ0n) is 14.6. The standard InChI is InChI=1S/C21H25NO3/c1-2-22(15-20-8-3-4-13-25-20)21(24)18-7-5-6-17(14-18)16-9-11-19(23)12-10-16/h5-7,9-12,14,20,23H,2-4,8,13,15H2,1H3/t20-/m0/s1. The molecule has 1 aliphatic rings. The van der Waals surface area contributed by atoms with Crippen LogP contribution in [-0.4, -0.2) is 41.7 Å². The molecular weight excluding hydrogens is 314 g/mol. The van der Waals surface area contributed by atoms with E-state index >= 15 is 0 Å². The van der Waals surface area contributed by atoms with Crippen LogP contribution in [0.1, 0.15) is 36.5 Å². The fraction of sp³-hybridized carbons (Fsp3) is 0.381. The number of amides is 1. The fourth-order valence-electron chi connectivity index (χ4n) is 3.22. The van der Waals surface area contributed by atoms with Crippen molar-refractivity contribution in [2.75, 3.05) is 19.7 Å². The molecule has 0 unspecified atom stereocenters. The van der Waals surface area contributed by atoms with Gasteiger partial charge in [0.15, 0.2) is 0 Å². The molecule has 1 N–H and O–H groups in total. The summed E-state index contributed by atoms with van der Waals surface area (Å²) in [7, 11) is 0. The third kappa shape index (κ3) is 4.40. The minimum Gasteiger partial charge on any atom is -0.508 e. The number of nitrogens with zero attached hydrogens (tertiary/aromatic N) is 1. The van der Waals surface area contributed by atoms with E-state index in [0.29, 0.717) is 18.7 Å². The quantitative estimate of drug-likeness (QED) is 0.892. The number of hydrogen-bond donors (Lipinski definition) is 1. The molecule has 1 fully saturated rings. The topological polar surface area (TPSA) is 49.8 Å². The van der Waals surface area contributed by atoms with Crippen molar-refractivity contribution < 1.29 is 14.6 Å². The summed E-state index contributed by atoms with van der Waals surface area (Å²) < 4.78 is 5.78. The van der Waals surface area contributed by atoms with E-state index in [1.54, 1.807) is 12.1 Å². The van der Waals surface area contributed by atoms with Crippen LogP contribution < -0.4 is 0 Å². The highest BCUT2D eigenvalue weighted by Crippen LogP contribution is 2.23. The van der Waals surface area contributed by atoms with Gasteiger partial charge < -0.3 is 14.7 Å². The van der Waals surface area contributed by atoms with Gasteiger partial charge in [0.25, 0.3) is 5.91 Å². The second-order valence-electron chi connectivity index (χ2n) is 6.46. The first-order valence-electron chi connectivity index (χ1n) is 8.97. The summed E-state index contributed by atoms with van der Waals surface area (Å²) in [5, 5.41) is 9.43. The minimum atomic E-state index is 0.0392. The molecule has 0 saturated carbocycles. The molecule has 1 amide bonds. The zero-order valence-corrected chi connectivity index (χ0v) is 14.6. The Morgan fingerprint density at radius 2 is 1.96 bits per heavy atom. The van der Waals surface area contributed by atoms with Crippen LogP contribution in [0.3, 0.4) is 0 Å². The maximum absolute atomic E-state index is 12.9. The lowest BCUT2D eigenvalue weighted by atomic mass is 10.0. The molecule has 1 saturated heterocycles. The minimum absolute atomic E-state index is 0.0392. The lowest BCUT2D eigenvalue weighted by Gasteiger charge is -2.29. The highest BCUT2D eigenvalue weighted by molar-refractivity contribution is 5.95. The Kier molecular flexibility index (Phi) is 5.71. The molecule has 25 heavy (non-hydrogen) atoms. The molecule has 1 aliphatic heterocycles. The van der Waals surface area contributed by atoms with E-state index in [9.17, 15) is 9.90 Å². The van der Waals surface area contributed by atoms with E-state index in [1.807, 2.05) is 48.2 Å². The highest BCUT2D eigenvalue weighted by Gasteiger charge is 2.21. The molecule has 3 rings (SSSR count). The molecule has 0 aliphatic carbocycles. The van der Waals surface area contributed by atoms with E-state index in [-0.39, 0.29) is 17.8 Å². The predicted octanol–water partition coefficient (Wildman–Crippen LogP) is 4.09. The Morgan fingerprint density at radius 1 is 1.16 bits per heavy atom. The van der Waals surface area contributed by atoms with Crippen LogP contribution in [0.5, 0.6) is 5.75 Å². The second-order valence-corrected chi connectivity index (χ2v) is 6.46. The van der Waals surface area contributed by atoms with Crippen LogP contribution in [-0.2, 0) is 4.74 Å². The van der Waals surface area contributed by atoms with E-state index in [4.69, 9.17) is 4.74 Å². The van der Waals surface area contributed by atoms with Crippen LogP contribution in [0, 0.1) is 0 Å². The number of carbonyl (C=O) groups is 1. The third-order valence-corrected chi connectivity index (χ3v) is 4.68. The van der Waals surface area contributed by atoms with Crippen molar-refractivity contribution in [1.82, 2.24) is 4.90 Å². The number of ether oxygens (including phenoxy) is 1. The summed E-state index contributed by atoms with van der Waals surface area (Å²) in [6, 6.07) is 14.7. The maximum atomic E-state index is 12.9. The van der Waals surface area contributed by atoms with Crippen molar-refractivity contribution in [2.45, 2.75) is 32.3 Å². The van der Waals surface area contributed by atoms with Gasteiger partial charge in [0.2, 0.25) is 0 Å². The van der Waals surface area contributed by atoms with Gasteiger partial charge >= 0.3 is 0 Å². The first kappa shape index (κ1) is 17.5. The van der Waals surface area contributed by atoms with Gasteiger partial charge in [-0.05, 0) is 61.6 Å². The highest BCUT2D eigenvalue weighted by atomic mass is 16.5. The van der Waals surface area contributed by atoms with Crippen molar-refractivity contribution in [3.05, 3.63) is 54.1 Å². The maximum Gasteiger partial charge on any atom is 0.253 e. The van der Waals surface area contributed by atoms with E-state index < -0.39 is 0 Å². The van der Waals surface area contributed by atoms with Gasteiger partial charge in [-0.15, -0.1) is 0 Å². The Hall–Kier alpha value is -2.33.